The van der Waals surface area contributed by atoms with E-state index in [1.807, 2.05) is 0 Å². The molecule has 0 bridgehead atoms. The van der Waals surface area contributed by atoms with Crippen molar-refractivity contribution in [2.24, 2.45) is 11.3 Å². The second-order valence-electron chi connectivity index (χ2n) is 6.08. The minimum absolute atomic E-state index is 0.0311. The Hall–Kier alpha value is -1.11. The van der Waals surface area contributed by atoms with Gasteiger partial charge in [0, 0.05) is 0 Å². The molecular weight excluding hydrogens is 289 g/mol. The number of aliphatic hydroxyl groups excluding tert-OH is 1. The van der Waals surface area contributed by atoms with Crippen LogP contribution >= 0.6 is 11.6 Å². The van der Waals surface area contributed by atoms with Crippen LogP contribution in [0.1, 0.15) is 57.1 Å². The van der Waals surface area contributed by atoms with Gasteiger partial charge in [-0.25, -0.2) is 4.39 Å². The van der Waals surface area contributed by atoms with Crippen LogP contribution < -0.4 is 0 Å². The van der Waals surface area contributed by atoms with Crippen LogP contribution in [-0.2, 0) is 0 Å². The van der Waals surface area contributed by atoms with Crippen LogP contribution in [-0.4, -0.2) is 5.11 Å². The van der Waals surface area contributed by atoms with Crippen molar-refractivity contribution in [3.8, 4) is 6.07 Å². The molecule has 1 aromatic carbocycles. The molecule has 114 valence electrons. The molecule has 1 unspecified atom stereocenters. The monoisotopic (exact) mass is 309 g/mol. The summed E-state index contributed by atoms with van der Waals surface area (Å²) in [6.45, 7) is 2.16. The van der Waals surface area contributed by atoms with E-state index in [2.05, 4.69) is 13.0 Å². The SMILES string of the molecule is CCCC1CCC(C#N)(C(O)c2ccc(Cl)c(F)c2)CC1. The molecule has 1 aliphatic rings. The summed E-state index contributed by atoms with van der Waals surface area (Å²) >= 11 is 5.67. The Balaban J connectivity index is 2.17. The van der Waals surface area contributed by atoms with Crippen molar-refractivity contribution < 1.29 is 9.50 Å². The number of nitrogens with zero attached hydrogens (tertiary/aromatic N) is 1. The molecular formula is C17H21ClFNO. The van der Waals surface area contributed by atoms with Crippen LogP contribution in [0, 0.1) is 28.5 Å². The van der Waals surface area contributed by atoms with Crippen LogP contribution in [0.2, 0.25) is 5.02 Å². The number of halogens is 2. The summed E-state index contributed by atoms with van der Waals surface area (Å²) in [4.78, 5) is 0. The Bertz CT molecular complexity index is 532. The molecule has 1 aromatic rings. The van der Waals surface area contributed by atoms with Gasteiger partial charge in [0.15, 0.2) is 0 Å². The van der Waals surface area contributed by atoms with E-state index in [0.717, 1.165) is 19.3 Å². The molecule has 1 atom stereocenters. The molecule has 1 saturated carbocycles. The Morgan fingerprint density at radius 1 is 1.48 bits per heavy atom. The van der Waals surface area contributed by atoms with Gasteiger partial charge in [0.1, 0.15) is 5.82 Å². The number of aliphatic hydroxyl groups is 1. The smallest absolute Gasteiger partial charge is 0.142 e. The molecule has 21 heavy (non-hydrogen) atoms. The van der Waals surface area contributed by atoms with E-state index >= 15 is 0 Å². The summed E-state index contributed by atoms with van der Waals surface area (Å²) < 4.78 is 13.6. The van der Waals surface area contributed by atoms with Gasteiger partial charge >= 0.3 is 0 Å². The van der Waals surface area contributed by atoms with Gasteiger partial charge in [-0.3, -0.25) is 0 Å². The molecule has 0 heterocycles. The van der Waals surface area contributed by atoms with Crippen LogP contribution in [0.4, 0.5) is 4.39 Å². The first-order chi connectivity index (χ1) is 10.0. The van der Waals surface area contributed by atoms with Crippen molar-refractivity contribution in [3.63, 3.8) is 0 Å². The Morgan fingerprint density at radius 3 is 2.67 bits per heavy atom. The van der Waals surface area contributed by atoms with E-state index in [1.165, 1.54) is 18.6 Å². The molecule has 0 radical (unpaired) electrons. The first-order valence-corrected chi connectivity index (χ1v) is 7.94. The zero-order valence-electron chi connectivity index (χ0n) is 12.3. The van der Waals surface area contributed by atoms with Gasteiger partial charge in [-0.05, 0) is 49.3 Å². The number of hydrogen-bond donors (Lipinski definition) is 1. The minimum Gasteiger partial charge on any atom is -0.387 e. The summed E-state index contributed by atoms with van der Waals surface area (Å²) in [5.41, 5.74) is -0.364. The number of benzene rings is 1. The van der Waals surface area contributed by atoms with E-state index in [9.17, 15) is 14.8 Å². The molecule has 1 N–H and O–H groups in total. The lowest BCUT2D eigenvalue weighted by Crippen LogP contribution is -2.32. The first kappa shape index (κ1) is 16.3. The summed E-state index contributed by atoms with van der Waals surface area (Å²) in [6.07, 6.45) is 4.60. The van der Waals surface area contributed by atoms with Gasteiger partial charge in [0.05, 0.1) is 22.6 Å². The van der Waals surface area contributed by atoms with E-state index < -0.39 is 17.3 Å². The van der Waals surface area contributed by atoms with E-state index in [-0.39, 0.29) is 5.02 Å². The maximum absolute atomic E-state index is 13.6. The van der Waals surface area contributed by atoms with Crippen molar-refractivity contribution in [3.05, 3.63) is 34.6 Å². The molecule has 2 rings (SSSR count). The highest BCUT2D eigenvalue weighted by molar-refractivity contribution is 6.30. The van der Waals surface area contributed by atoms with Gasteiger partial charge in [-0.2, -0.15) is 5.26 Å². The molecule has 0 aliphatic heterocycles. The summed E-state index contributed by atoms with van der Waals surface area (Å²) in [7, 11) is 0. The maximum atomic E-state index is 13.6. The quantitative estimate of drug-likeness (QED) is 0.849. The molecule has 2 nitrogen and oxygen atoms in total. The average Bonchev–Trinajstić information content (AvgIpc) is 2.51. The fourth-order valence-electron chi connectivity index (χ4n) is 3.34. The predicted octanol–water partition coefficient (Wildman–Crippen LogP) is 5.01. The lowest BCUT2D eigenvalue weighted by atomic mass is 9.66. The lowest BCUT2D eigenvalue weighted by Gasteiger charge is -2.38. The van der Waals surface area contributed by atoms with Crippen LogP contribution in [0.25, 0.3) is 0 Å². The third-order valence-electron chi connectivity index (χ3n) is 4.70. The average molecular weight is 310 g/mol. The highest BCUT2D eigenvalue weighted by Gasteiger charge is 2.42. The zero-order chi connectivity index (χ0) is 15.5. The second kappa shape index (κ2) is 6.77. The maximum Gasteiger partial charge on any atom is 0.142 e. The van der Waals surface area contributed by atoms with Crippen molar-refractivity contribution >= 4 is 11.6 Å². The molecule has 4 heteroatoms. The largest absolute Gasteiger partial charge is 0.387 e. The summed E-state index contributed by atoms with van der Waals surface area (Å²) in [5, 5.41) is 20.2. The molecule has 1 aliphatic carbocycles. The Morgan fingerprint density at radius 2 is 2.14 bits per heavy atom. The summed E-state index contributed by atoms with van der Waals surface area (Å²) in [6, 6.07) is 6.59. The van der Waals surface area contributed by atoms with Gasteiger partial charge < -0.3 is 5.11 Å². The first-order valence-electron chi connectivity index (χ1n) is 7.56. The molecule has 0 aromatic heterocycles. The van der Waals surface area contributed by atoms with E-state index in [0.29, 0.717) is 24.3 Å². The van der Waals surface area contributed by atoms with Crippen LogP contribution in [0.5, 0.6) is 0 Å². The normalized spacial score (nSPS) is 27.1. The standard InChI is InChI=1S/C17H21ClFNO/c1-2-3-12-6-8-17(11-20,9-7-12)16(21)13-4-5-14(18)15(19)10-13/h4-5,10,12,16,21H,2-3,6-9H2,1H3. The van der Waals surface area contributed by atoms with Gasteiger partial charge in [-0.1, -0.05) is 37.4 Å². The third kappa shape index (κ3) is 3.39. The number of nitriles is 1. The fraction of sp³-hybridized carbons (Fsp3) is 0.588. The third-order valence-corrected chi connectivity index (χ3v) is 5.01. The minimum atomic E-state index is -0.961. The highest BCUT2D eigenvalue weighted by Crippen LogP contribution is 2.48. The molecule has 1 fully saturated rings. The van der Waals surface area contributed by atoms with Crippen molar-refractivity contribution in [2.45, 2.75) is 51.6 Å². The molecule has 0 amide bonds. The van der Waals surface area contributed by atoms with Gasteiger partial charge in [0.2, 0.25) is 0 Å². The van der Waals surface area contributed by atoms with E-state index in [4.69, 9.17) is 11.6 Å². The van der Waals surface area contributed by atoms with Crippen molar-refractivity contribution in [2.75, 3.05) is 0 Å². The highest BCUT2D eigenvalue weighted by atomic mass is 35.5. The fourth-order valence-corrected chi connectivity index (χ4v) is 3.46. The van der Waals surface area contributed by atoms with Crippen LogP contribution in [0.3, 0.4) is 0 Å². The predicted molar refractivity (Wildman–Crippen MR) is 81.3 cm³/mol. The van der Waals surface area contributed by atoms with E-state index in [1.54, 1.807) is 6.07 Å². The zero-order valence-corrected chi connectivity index (χ0v) is 13.0. The Labute approximate surface area is 130 Å². The molecule has 0 saturated heterocycles. The van der Waals surface area contributed by atoms with Gasteiger partial charge in [0.25, 0.3) is 0 Å². The second-order valence-corrected chi connectivity index (χ2v) is 6.48. The van der Waals surface area contributed by atoms with Crippen molar-refractivity contribution in [1.82, 2.24) is 0 Å². The summed E-state index contributed by atoms with van der Waals surface area (Å²) in [5.74, 6) is 0.0894. The van der Waals surface area contributed by atoms with Gasteiger partial charge in [-0.15, -0.1) is 0 Å². The molecule has 0 spiro atoms. The number of hydrogen-bond acceptors (Lipinski definition) is 2. The Kier molecular flexibility index (Phi) is 5.24. The van der Waals surface area contributed by atoms with Crippen molar-refractivity contribution in [1.29, 1.82) is 5.26 Å². The lowest BCUT2D eigenvalue weighted by molar-refractivity contribution is 0.0235. The topological polar surface area (TPSA) is 44.0 Å². The van der Waals surface area contributed by atoms with Crippen LogP contribution in [0.15, 0.2) is 18.2 Å². The number of rotatable bonds is 4.